The zero-order valence-electron chi connectivity index (χ0n) is 9.86. The van der Waals surface area contributed by atoms with Crippen LogP contribution in [0.5, 0.6) is 0 Å². The number of carbonyl (C=O) groups is 2. The van der Waals surface area contributed by atoms with E-state index >= 15 is 0 Å². The summed E-state index contributed by atoms with van der Waals surface area (Å²) in [4.78, 5) is 23.5. The van der Waals surface area contributed by atoms with Gasteiger partial charge in [-0.25, -0.2) is 4.79 Å². The zero-order chi connectivity index (χ0) is 12.8. The van der Waals surface area contributed by atoms with Crippen molar-refractivity contribution in [2.24, 2.45) is 5.73 Å². The molecule has 92 valence electrons. The molecule has 1 aromatic rings. The molecule has 0 aliphatic carbocycles. The number of nitrogens with one attached hydrogen (secondary N) is 2. The van der Waals surface area contributed by atoms with E-state index in [2.05, 4.69) is 5.32 Å². The average molecular weight is 236 g/mol. The Hall–Kier alpha value is -2.24. The van der Waals surface area contributed by atoms with Crippen molar-refractivity contribution in [1.29, 1.82) is 0 Å². The third kappa shape index (κ3) is 4.42. The highest BCUT2D eigenvalue weighted by Gasteiger charge is 2.04. The van der Waals surface area contributed by atoms with E-state index in [1.807, 2.05) is 48.6 Å². The summed E-state index contributed by atoms with van der Waals surface area (Å²) in [5, 5.41) is 4.88. The molecular weight excluding hydrogens is 220 g/mol. The molecule has 6 heteroatoms. The van der Waals surface area contributed by atoms with E-state index in [0.29, 0.717) is 0 Å². The first-order valence-corrected chi connectivity index (χ1v) is 5.09. The molecule has 6 nitrogen and oxygen atoms in total. The van der Waals surface area contributed by atoms with Crippen molar-refractivity contribution in [2.75, 3.05) is 30.9 Å². The van der Waals surface area contributed by atoms with Crippen LogP contribution in [0.3, 0.4) is 0 Å². The first-order chi connectivity index (χ1) is 7.99. The fraction of sp³-hybridized carbons (Fsp3) is 0.273. The van der Waals surface area contributed by atoms with Gasteiger partial charge >= 0.3 is 6.03 Å². The van der Waals surface area contributed by atoms with Crippen LogP contribution < -0.4 is 21.3 Å². The number of carbonyl (C=O) groups excluding carboxylic acids is 2. The predicted molar refractivity (Wildman–Crippen MR) is 67.0 cm³/mol. The van der Waals surface area contributed by atoms with Gasteiger partial charge in [0.1, 0.15) is 0 Å². The summed E-state index contributed by atoms with van der Waals surface area (Å²) >= 11 is 0. The Morgan fingerprint density at radius 1 is 1.35 bits per heavy atom. The second kappa shape index (κ2) is 5.74. The molecular formula is C11H16N4O2. The third-order valence-corrected chi connectivity index (χ3v) is 2.08. The molecule has 0 saturated carbocycles. The van der Waals surface area contributed by atoms with Gasteiger partial charge in [-0.2, -0.15) is 0 Å². The van der Waals surface area contributed by atoms with Crippen molar-refractivity contribution in [3.05, 3.63) is 24.3 Å². The number of rotatable bonds is 4. The number of amides is 3. The molecule has 17 heavy (non-hydrogen) atoms. The number of anilines is 2. The van der Waals surface area contributed by atoms with E-state index in [1.54, 1.807) is 0 Å². The number of imide groups is 1. The molecule has 0 atom stereocenters. The molecule has 0 heterocycles. The van der Waals surface area contributed by atoms with Crippen molar-refractivity contribution in [3.8, 4) is 0 Å². The summed E-state index contributed by atoms with van der Waals surface area (Å²) in [7, 11) is 3.86. The Balaban J connectivity index is 2.54. The van der Waals surface area contributed by atoms with Gasteiger partial charge in [-0.05, 0) is 18.2 Å². The normalized spacial score (nSPS) is 9.53. The lowest BCUT2D eigenvalue weighted by Gasteiger charge is -2.14. The molecule has 1 aromatic carbocycles. The summed E-state index contributed by atoms with van der Waals surface area (Å²) in [5.74, 6) is -0.465. The molecule has 1 rings (SSSR count). The van der Waals surface area contributed by atoms with Gasteiger partial charge in [0.2, 0.25) is 5.91 Å². The van der Waals surface area contributed by atoms with Gasteiger partial charge in [0.15, 0.2) is 0 Å². The van der Waals surface area contributed by atoms with Gasteiger partial charge in [-0.15, -0.1) is 0 Å². The largest absolute Gasteiger partial charge is 0.378 e. The number of hydrogen-bond donors (Lipinski definition) is 3. The van der Waals surface area contributed by atoms with Gasteiger partial charge in [-0.3, -0.25) is 10.1 Å². The highest BCUT2D eigenvalue weighted by atomic mass is 16.2. The van der Waals surface area contributed by atoms with Crippen molar-refractivity contribution in [1.82, 2.24) is 5.32 Å². The predicted octanol–water partition coefficient (Wildman–Crippen LogP) is 0.359. The minimum Gasteiger partial charge on any atom is -0.378 e. The number of nitrogens with two attached hydrogens (primary N) is 1. The molecule has 0 fully saturated rings. The second-order valence-electron chi connectivity index (χ2n) is 3.71. The fourth-order valence-corrected chi connectivity index (χ4v) is 1.26. The minimum absolute atomic E-state index is 0.000177. The van der Waals surface area contributed by atoms with Crippen LogP contribution in [-0.2, 0) is 4.79 Å². The standard InChI is InChI=1S/C11H16N4O2/c1-15(2)9-5-3-4-8(6-9)13-7-10(16)14-11(12)17/h3-6,13H,7H2,1-2H3,(H3,12,14,16,17). The second-order valence-corrected chi connectivity index (χ2v) is 3.71. The Morgan fingerprint density at radius 3 is 2.65 bits per heavy atom. The summed E-state index contributed by atoms with van der Waals surface area (Å²) in [6, 6.07) is 6.72. The summed E-state index contributed by atoms with van der Waals surface area (Å²) < 4.78 is 0. The Kier molecular flexibility index (Phi) is 4.33. The molecule has 0 radical (unpaired) electrons. The van der Waals surface area contributed by atoms with E-state index in [-0.39, 0.29) is 6.54 Å². The van der Waals surface area contributed by atoms with Crippen molar-refractivity contribution in [2.45, 2.75) is 0 Å². The van der Waals surface area contributed by atoms with Crippen molar-refractivity contribution < 1.29 is 9.59 Å². The smallest absolute Gasteiger partial charge is 0.318 e. The number of benzene rings is 1. The highest BCUT2D eigenvalue weighted by Crippen LogP contribution is 2.16. The third-order valence-electron chi connectivity index (χ3n) is 2.08. The molecule has 0 saturated heterocycles. The van der Waals surface area contributed by atoms with E-state index in [4.69, 9.17) is 5.73 Å². The molecule has 0 aromatic heterocycles. The molecule has 0 bridgehead atoms. The highest BCUT2D eigenvalue weighted by molar-refractivity contribution is 5.95. The lowest BCUT2D eigenvalue weighted by molar-refractivity contribution is -0.118. The van der Waals surface area contributed by atoms with Gasteiger partial charge in [0.05, 0.1) is 6.54 Å². The Morgan fingerprint density at radius 2 is 2.06 bits per heavy atom. The van der Waals surface area contributed by atoms with Gasteiger partial charge in [0.25, 0.3) is 0 Å². The van der Waals surface area contributed by atoms with Crippen molar-refractivity contribution >= 4 is 23.3 Å². The van der Waals surface area contributed by atoms with Crippen LogP contribution in [0.4, 0.5) is 16.2 Å². The Bertz CT molecular complexity index is 418. The van der Waals surface area contributed by atoms with E-state index in [1.165, 1.54) is 0 Å². The summed E-state index contributed by atoms with van der Waals surface area (Å²) in [5.41, 5.74) is 6.64. The van der Waals surface area contributed by atoms with Crippen LogP contribution in [0.25, 0.3) is 0 Å². The average Bonchev–Trinajstić information content (AvgIpc) is 2.26. The topological polar surface area (TPSA) is 87.5 Å². The van der Waals surface area contributed by atoms with Crippen LogP contribution in [0.1, 0.15) is 0 Å². The number of urea groups is 1. The lowest BCUT2D eigenvalue weighted by Crippen LogP contribution is -2.38. The van der Waals surface area contributed by atoms with Crippen LogP contribution in [0.2, 0.25) is 0 Å². The zero-order valence-corrected chi connectivity index (χ0v) is 9.86. The van der Waals surface area contributed by atoms with Crippen LogP contribution in [0.15, 0.2) is 24.3 Å². The monoisotopic (exact) mass is 236 g/mol. The lowest BCUT2D eigenvalue weighted by atomic mass is 10.2. The molecule has 0 spiro atoms. The number of primary amides is 1. The molecule has 0 aliphatic heterocycles. The summed E-state index contributed by atoms with van der Waals surface area (Å²) in [6.45, 7) is -0.000177. The Labute approximate surface area is 99.8 Å². The van der Waals surface area contributed by atoms with Gasteiger partial charge in [-0.1, -0.05) is 6.07 Å². The maximum absolute atomic E-state index is 11.2. The van der Waals surface area contributed by atoms with E-state index in [9.17, 15) is 9.59 Å². The van der Waals surface area contributed by atoms with Gasteiger partial charge < -0.3 is 16.0 Å². The molecule has 0 unspecified atom stereocenters. The van der Waals surface area contributed by atoms with Crippen LogP contribution in [0, 0.1) is 0 Å². The van der Waals surface area contributed by atoms with Crippen LogP contribution >= 0.6 is 0 Å². The SMILES string of the molecule is CN(C)c1cccc(NCC(=O)NC(N)=O)c1. The van der Waals surface area contributed by atoms with E-state index < -0.39 is 11.9 Å². The number of nitrogens with zero attached hydrogens (tertiary/aromatic N) is 1. The number of hydrogen-bond acceptors (Lipinski definition) is 4. The molecule has 0 aliphatic rings. The van der Waals surface area contributed by atoms with E-state index in [0.717, 1.165) is 11.4 Å². The van der Waals surface area contributed by atoms with Crippen LogP contribution in [-0.4, -0.2) is 32.6 Å². The van der Waals surface area contributed by atoms with Crippen molar-refractivity contribution in [3.63, 3.8) is 0 Å². The fourth-order valence-electron chi connectivity index (χ4n) is 1.26. The quantitative estimate of drug-likeness (QED) is 0.704. The summed E-state index contributed by atoms with van der Waals surface area (Å²) in [6.07, 6.45) is 0. The first-order valence-electron chi connectivity index (χ1n) is 5.09. The van der Waals surface area contributed by atoms with Gasteiger partial charge in [0, 0.05) is 25.5 Å². The maximum atomic E-state index is 11.2. The maximum Gasteiger partial charge on any atom is 0.318 e. The molecule has 4 N–H and O–H groups in total. The minimum atomic E-state index is -0.848. The molecule has 3 amide bonds. The first kappa shape index (κ1) is 12.8.